The van der Waals surface area contributed by atoms with Gasteiger partial charge in [0.15, 0.2) is 0 Å². The van der Waals surface area contributed by atoms with Gasteiger partial charge in [0, 0.05) is 0 Å². The Kier molecular flexibility index (Phi) is 2.97. The van der Waals surface area contributed by atoms with Crippen molar-refractivity contribution in [1.29, 1.82) is 0 Å². The Morgan fingerprint density at radius 1 is 1.44 bits per heavy atom. The van der Waals surface area contributed by atoms with Gasteiger partial charge in [0.1, 0.15) is 5.54 Å². The van der Waals surface area contributed by atoms with Gasteiger partial charge in [-0.15, -0.1) is 0 Å². The van der Waals surface area contributed by atoms with E-state index < -0.39 is 5.54 Å². The first-order valence-corrected chi connectivity index (χ1v) is 5.82. The standard InChI is InChI=1S/C13H18N2O/c1-2-15-10-6-9-13(15,12(14)16)11-7-4-3-5-8-11/h3-5,7-8H,2,6,9-10H2,1H3,(H2,14,16). The molecule has 0 spiro atoms. The number of carbonyl (C=O) groups is 1. The van der Waals surface area contributed by atoms with Crippen molar-refractivity contribution in [2.45, 2.75) is 25.3 Å². The Morgan fingerprint density at radius 3 is 2.69 bits per heavy atom. The van der Waals surface area contributed by atoms with Crippen LogP contribution in [0.2, 0.25) is 0 Å². The van der Waals surface area contributed by atoms with Crippen molar-refractivity contribution < 1.29 is 4.79 Å². The molecule has 3 heteroatoms. The monoisotopic (exact) mass is 218 g/mol. The third kappa shape index (κ3) is 1.52. The van der Waals surface area contributed by atoms with Crippen molar-refractivity contribution in [2.75, 3.05) is 13.1 Å². The van der Waals surface area contributed by atoms with Crippen LogP contribution in [0.5, 0.6) is 0 Å². The van der Waals surface area contributed by atoms with Crippen LogP contribution < -0.4 is 5.73 Å². The quantitative estimate of drug-likeness (QED) is 0.835. The van der Waals surface area contributed by atoms with Gasteiger partial charge < -0.3 is 5.73 Å². The SMILES string of the molecule is CCN1CCCC1(C(N)=O)c1ccccc1. The van der Waals surface area contributed by atoms with Gasteiger partial charge in [-0.3, -0.25) is 9.69 Å². The van der Waals surface area contributed by atoms with Crippen LogP contribution >= 0.6 is 0 Å². The molecular weight excluding hydrogens is 200 g/mol. The molecular formula is C13H18N2O. The predicted octanol–water partition coefficient (Wildman–Crippen LogP) is 1.48. The Bertz CT molecular complexity index is 377. The van der Waals surface area contributed by atoms with Crippen molar-refractivity contribution in [2.24, 2.45) is 5.73 Å². The summed E-state index contributed by atoms with van der Waals surface area (Å²) < 4.78 is 0. The molecule has 3 nitrogen and oxygen atoms in total. The molecule has 2 rings (SSSR count). The molecule has 0 aromatic heterocycles. The van der Waals surface area contributed by atoms with Crippen LogP contribution in [0.3, 0.4) is 0 Å². The van der Waals surface area contributed by atoms with Crippen molar-refractivity contribution >= 4 is 5.91 Å². The second-order valence-electron chi connectivity index (χ2n) is 4.27. The molecule has 0 radical (unpaired) electrons. The zero-order valence-electron chi connectivity index (χ0n) is 9.65. The molecule has 1 fully saturated rings. The average Bonchev–Trinajstić information content (AvgIpc) is 2.74. The molecule has 1 heterocycles. The normalized spacial score (nSPS) is 25.8. The lowest BCUT2D eigenvalue weighted by molar-refractivity contribution is -0.129. The molecule has 2 N–H and O–H groups in total. The number of nitrogens with zero attached hydrogens (tertiary/aromatic N) is 1. The van der Waals surface area contributed by atoms with Crippen molar-refractivity contribution in [1.82, 2.24) is 4.90 Å². The number of likely N-dealkylation sites (N-methyl/N-ethyl adjacent to an activating group) is 1. The van der Waals surface area contributed by atoms with E-state index in [-0.39, 0.29) is 5.91 Å². The maximum absolute atomic E-state index is 11.9. The summed E-state index contributed by atoms with van der Waals surface area (Å²) in [5.74, 6) is -0.224. The lowest BCUT2D eigenvalue weighted by atomic mass is 9.86. The van der Waals surface area contributed by atoms with Gasteiger partial charge in [-0.05, 0) is 31.5 Å². The van der Waals surface area contributed by atoms with E-state index in [1.807, 2.05) is 30.3 Å². The van der Waals surface area contributed by atoms with E-state index >= 15 is 0 Å². The minimum atomic E-state index is -0.573. The van der Waals surface area contributed by atoms with Crippen molar-refractivity contribution in [3.63, 3.8) is 0 Å². The Labute approximate surface area is 96.2 Å². The van der Waals surface area contributed by atoms with Crippen LogP contribution in [0.1, 0.15) is 25.3 Å². The topological polar surface area (TPSA) is 46.3 Å². The predicted molar refractivity (Wildman–Crippen MR) is 63.8 cm³/mol. The van der Waals surface area contributed by atoms with Gasteiger partial charge in [-0.2, -0.15) is 0 Å². The summed E-state index contributed by atoms with van der Waals surface area (Å²) in [5.41, 5.74) is 6.11. The van der Waals surface area contributed by atoms with Crippen LogP contribution in [-0.4, -0.2) is 23.9 Å². The van der Waals surface area contributed by atoms with E-state index in [1.165, 1.54) is 0 Å². The summed E-state index contributed by atoms with van der Waals surface area (Å²) >= 11 is 0. The van der Waals surface area contributed by atoms with Crippen LogP contribution in [0.25, 0.3) is 0 Å². The van der Waals surface area contributed by atoms with Gasteiger partial charge in [-0.1, -0.05) is 37.3 Å². The van der Waals surface area contributed by atoms with Gasteiger partial charge in [0.05, 0.1) is 0 Å². The van der Waals surface area contributed by atoms with Crippen molar-refractivity contribution in [3.8, 4) is 0 Å². The van der Waals surface area contributed by atoms with E-state index in [9.17, 15) is 4.79 Å². The van der Waals surface area contributed by atoms with E-state index in [0.29, 0.717) is 0 Å². The van der Waals surface area contributed by atoms with E-state index in [2.05, 4.69) is 11.8 Å². The Morgan fingerprint density at radius 2 is 2.12 bits per heavy atom. The van der Waals surface area contributed by atoms with Crippen LogP contribution in [0.4, 0.5) is 0 Å². The Balaban J connectivity index is 2.48. The molecule has 86 valence electrons. The third-order valence-electron chi connectivity index (χ3n) is 3.55. The number of rotatable bonds is 3. The molecule has 1 aliphatic rings. The fourth-order valence-corrected chi connectivity index (χ4v) is 2.76. The van der Waals surface area contributed by atoms with Gasteiger partial charge in [-0.25, -0.2) is 0 Å². The summed E-state index contributed by atoms with van der Waals surface area (Å²) in [6, 6.07) is 9.89. The first-order chi connectivity index (χ1) is 7.71. The summed E-state index contributed by atoms with van der Waals surface area (Å²) in [6.07, 6.45) is 1.87. The molecule has 1 atom stereocenters. The number of benzene rings is 1. The first kappa shape index (κ1) is 11.1. The largest absolute Gasteiger partial charge is 0.368 e. The first-order valence-electron chi connectivity index (χ1n) is 5.82. The number of likely N-dealkylation sites (tertiary alicyclic amines) is 1. The second-order valence-corrected chi connectivity index (χ2v) is 4.27. The molecule has 0 saturated carbocycles. The van der Waals surface area contributed by atoms with Crippen molar-refractivity contribution in [3.05, 3.63) is 35.9 Å². The number of hydrogen-bond donors (Lipinski definition) is 1. The number of carbonyl (C=O) groups excluding carboxylic acids is 1. The zero-order valence-corrected chi connectivity index (χ0v) is 9.65. The van der Waals surface area contributed by atoms with Crippen LogP contribution in [-0.2, 0) is 10.3 Å². The van der Waals surface area contributed by atoms with Gasteiger partial charge in [0.25, 0.3) is 0 Å². The van der Waals surface area contributed by atoms with Gasteiger partial charge in [0.2, 0.25) is 5.91 Å². The number of hydrogen-bond acceptors (Lipinski definition) is 2. The lowest BCUT2D eigenvalue weighted by Crippen LogP contribution is -2.51. The van der Waals surface area contributed by atoms with E-state index in [0.717, 1.165) is 31.5 Å². The smallest absolute Gasteiger partial charge is 0.242 e. The minimum Gasteiger partial charge on any atom is -0.368 e. The van der Waals surface area contributed by atoms with Crippen LogP contribution in [0.15, 0.2) is 30.3 Å². The highest BCUT2D eigenvalue weighted by Crippen LogP contribution is 2.38. The molecule has 1 aliphatic heterocycles. The van der Waals surface area contributed by atoms with Crippen LogP contribution in [0, 0.1) is 0 Å². The fraction of sp³-hybridized carbons (Fsp3) is 0.462. The second kappa shape index (κ2) is 4.26. The summed E-state index contributed by atoms with van der Waals surface area (Å²) in [4.78, 5) is 14.1. The third-order valence-corrected chi connectivity index (χ3v) is 3.55. The molecule has 1 aromatic carbocycles. The minimum absolute atomic E-state index is 0.224. The molecule has 0 bridgehead atoms. The van der Waals surface area contributed by atoms with E-state index in [4.69, 9.17) is 5.73 Å². The maximum atomic E-state index is 11.9. The zero-order chi connectivity index (χ0) is 11.6. The molecule has 1 amide bonds. The summed E-state index contributed by atoms with van der Waals surface area (Å²) in [7, 11) is 0. The number of amides is 1. The molecule has 1 saturated heterocycles. The number of primary amides is 1. The molecule has 1 aromatic rings. The Hall–Kier alpha value is -1.35. The van der Waals surface area contributed by atoms with E-state index in [1.54, 1.807) is 0 Å². The highest BCUT2D eigenvalue weighted by molar-refractivity contribution is 5.86. The average molecular weight is 218 g/mol. The molecule has 1 unspecified atom stereocenters. The molecule has 0 aliphatic carbocycles. The highest BCUT2D eigenvalue weighted by Gasteiger charge is 2.46. The number of nitrogens with two attached hydrogens (primary N) is 1. The summed E-state index contributed by atoms with van der Waals surface area (Å²) in [6.45, 7) is 3.89. The summed E-state index contributed by atoms with van der Waals surface area (Å²) in [5, 5.41) is 0. The molecule has 16 heavy (non-hydrogen) atoms. The van der Waals surface area contributed by atoms with Gasteiger partial charge >= 0.3 is 0 Å². The highest BCUT2D eigenvalue weighted by atomic mass is 16.1. The maximum Gasteiger partial charge on any atom is 0.242 e. The fourth-order valence-electron chi connectivity index (χ4n) is 2.76. The lowest BCUT2D eigenvalue weighted by Gasteiger charge is -2.35.